The van der Waals surface area contributed by atoms with Gasteiger partial charge in [-0.3, -0.25) is 9.59 Å². The van der Waals surface area contributed by atoms with Crippen molar-refractivity contribution < 1.29 is 14.3 Å². The van der Waals surface area contributed by atoms with Gasteiger partial charge >= 0.3 is 0 Å². The molecule has 1 heterocycles. The highest BCUT2D eigenvalue weighted by atomic mass is 16.5. The summed E-state index contributed by atoms with van der Waals surface area (Å²) in [5.74, 6) is 0.865. The molecule has 0 bridgehead atoms. The summed E-state index contributed by atoms with van der Waals surface area (Å²) in [6.07, 6.45) is 0. The third kappa shape index (κ3) is 4.46. The number of H-pyrrole nitrogens is 1. The van der Waals surface area contributed by atoms with Gasteiger partial charge in [-0.2, -0.15) is 0 Å². The molecule has 2 aromatic carbocycles. The first kappa shape index (κ1) is 17.6. The van der Waals surface area contributed by atoms with Gasteiger partial charge in [0.15, 0.2) is 0 Å². The SMILES string of the molecule is COc1cccc(CNC(=O)COCc2nc3ccccc3c(=O)[nH]2)c1. The van der Waals surface area contributed by atoms with E-state index in [1.807, 2.05) is 30.3 Å². The van der Waals surface area contributed by atoms with Gasteiger partial charge in [0, 0.05) is 6.54 Å². The number of amides is 1. The molecule has 0 unspecified atom stereocenters. The maximum Gasteiger partial charge on any atom is 0.258 e. The van der Waals surface area contributed by atoms with Gasteiger partial charge in [0.05, 0.1) is 18.0 Å². The summed E-state index contributed by atoms with van der Waals surface area (Å²) in [4.78, 5) is 30.8. The molecular weight excluding hydrogens is 334 g/mol. The molecule has 0 fully saturated rings. The Morgan fingerprint density at radius 3 is 2.88 bits per heavy atom. The highest BCUT2D eigenvalue weighted by molar-refractivity contribution is 5.77. The number of nitrogens with zero attached hydrogens (tertiary/aromatic N) is 1. The average Bonchev–Trinajstić information content (AvgIpc) is 2.66. The predicted molar refractivity (Wildman–Crippen MR) is 96.9 cm³/mol. The number of carbonyl (C=O) groups is 1. The lowest BCUT2D eigenvalue weighted by Gasteiger charge is -2.08. The van der Waals surface area contributed by atoms with Gasteiger partial charge in [0.25, 0.3) is 5.56 Å². The Balaban J connectivity index is 1.50. The molecule has 3 aromatic rings. The number of hydrogen-bond acceptors (Lipinski definition) is 5. The smallest absolute Gasteiger partial charge is 0.258 e. The minimum Gasteiger partial charge on any atom is -0.497 e. The van der Waals surface area contributed by atoms with Gasteiger partial charge < -0.3 is 19.8 Å². The molecule has 134 valence electrons. The van der Waals surface area contributed by atoms with Gasteiger partial charge in [-0.15, -0.1) is 0 Å². The maximum atomic E-state index is 12.0. The molecule has 0 saturated carbocycles. The number of nitrogens with one attached hydrogen (secondary N) is 2. The van der Waals surface area contributed by atoms with Crippen molar-refractivity contribution in [3.05, 3.63) is 70.3 Å². The molecule has 7 nitrogen and oxygen atoms in total. The number of ether oxygens (including phenoxy) is 2. The van der Waals surface area contributed by atoms with Gasteiger partial charge in [-0.1, -0.05) is 24.3 Å². The summed E-state index contributed by atoms with van der Waals surface area (Å²) in [6.45, 7) is 0.303. The van der Waals surface area contributed by atoms with Crippen LogP contribution >= 0.6 is 0 Å². The first-order valence-electron chi connectivity index (χ1n) is 8.11. The molecule has 0 aliphatic carbocycles. The summed E-state index contributed by atoms with van der Waals surface area (Å²) >= 11 is 0. The zero-order valence-electron chi connectivity index (χ0n) is 14.3. The Labute approximate surface area is 150 Å². The number of para-hydroxylation sites is 1. The molecular formula is C19H19N3O4. The summed E-state index contributed by atoms with van der Waals surface area (Å²) in [5, 5.41) is 3.29. The van der Waals surface area contributed by atoms with E-state index in [2.05, 4.69) is 15.3 Å². The lowest BCUT2D eigenvalue weighted by Crippen LogP contribution is -2.27. The second-order valence-electron chi connectivity index (χ2n) is 5.65. The highest BCUT2D eigenvalue weighted by Crippen LogP contribution is 2.12. The molecule has 0 saturated heterocycles. The normalized spacial score (nSPS) is 10.7. The fourth-order valence-corrected chi connectivity index (χ4v) is 2.48. The second kappa shape index (κ2) is 8.26. The monoisotopic (exact) mass is 353 g/mol. The van der Waals surface area contributed by atoms with Gasteiger partial charge in [0.2, 0.25) is 5.91 Å². The van der Waals surface area contributed by atoms with E-state index in [-0.39, 0.29) is 24.7 Å². The zero-order chi connectivity index (χ0) is 18.4. The van der Waals surface area contributed by atoms with Crippen LogP contribution in [0.1, 0.15) is 11.4 Å². The molecule has 0 atom stereocenters. The van der Waals surface area contributed by atoms with E-state index < -0.39 is 0 Å². The number of aromatic nitrogens is 2. The standard InChI is InChI=1S/C19H19N3O4/c1-25-14-6-4-5-13(9-14)10-20-18(23)12-26-11-17-21-16-8-3-2-7-15(16)19(24)22-17/h2-9H,10-12H2,1H3,(H,20,23)(H,21,22,24). The minimum atomic E-state index is -0.254. The van der Waals surface area contributed by atoms with Crippen molar-refractivity contribution in [2.45, 2.75) is 13.2 Å². The van der Waals surface area contributed by atoms with Crippen LogP contribution in [0, 0.1) is 0 Å². The molecule has 0 aliphatic heterocycles. The fourth-order valence-electron chi connectivity index (χ4n) is 2.48. The van der Waals surface area contributed by atoms with Crippen molar-refractivity contribution in [1.29, 1.82) is 0 Å². The van der Waals surface area contributed by atoms with Gasteiger partial charge in [-0.25, -0.2) is 4.98 Å². The topological polar surface area (TPSA) is 93.3 Å². The predicted octanol–water partition coefficient (Wildman–Crippen LogP) is 1.76. The van der Waals surface area contributed by atoms with Crippen LogP contribution in [0.3, 0.4) is 0 Å². The van der Waals surface area contributed by atoms with E-state index in [4.69, 9.17) is 9.47 Å². The summed E-state index contributed by atoms with van der Waals surface area (Å²) in [6, 6.07) is 14.5. The van der Waals surface area contributed by atoms with E-state index in [9.17, 15) is 9.59 Å². The van der Waals surface area contributed by atoms with Crippen LogP contribution < -0.4 is 15.6 Å². The lowest BCUT2D eigenvalue weighted by molar-refractivity contribution is -0.126. The van der Waals surface area contributed by atoms with Gasteiger partial charge in [0.1, 0.15) is 24.8 Å². The number of carbonyl (C=O) groups excluding carboxylic acids is 1. The number of rotatable bonds is 7. The molecule has 3 rings (SSSR count). The van der Waals surface area contributed by atoms with Crippen molar-refractivity contribution >= 4 is 16.8 Å². The van der Waals surface area contributed by atoms with Crippen LogP contribution in [-0.2, 0) is 22.7 Å². The largest absolute Gasteiger partial charge is 0.497 e. The Kier molecular flexibility index (Phi) is 5.60. The number of methoxy groups -OCH3 is 1. The van der Waals surface area contributed by atoms with Crippen LogP contribution in [0.25, 0.3) is 10.9 Å². The third-order valence-electron chi connectivity index (χ3n) is 3.76. The van der Waals surface area contributed by atoms with Crippen molar-refractivity contribution in [3.8, 4) is 5.75 Å². The van der Waals surface area contributed by atoms with Crippen molar-refractivity contribution in [2.75, 3.05) is 13.7 Å². The van der Waals surface area contributed by atoms with Crippen LogP contribution in [0.15, 0.2) is 53.3 Å². The summed E-state index contributed by atoms with van der Waals surface area (Å²) in [5.41, 5.74) is 1.30. The number of aromatic amines is 1. The second-order valence-corrected chi connectivity index (χ2v) is 5.65. The number of benzene rings is 2. The summed E-state index contributed by atoms with van der Waals surface area (Å²) < 4.78 is 10.5. The van der Waals surface area contributed by atoms with E-state index >= 15 is 0 Å². The third-order valence-corrected chi connectivity index (χ3v) is 3.76. The number of hydrogen-bond donors (Lipinski definition) is 2. The van der Waals surface area contributed by atoms with E-state index in [0.29, 0.717) is 23.3 Å². The highest BCUT2D eigenvalue weighted by Gasteiger charge is 2.06. The van der Waals surface area contributed by atoms with E-state index in [1.54, 1.807) is 25.3 Å². The molecule has 1 aromatic heterocycles. The van der Waals surface area contributed by atoms with Crippen LogP contribution in [0.2, 0.25) is 0 Å². The first-order chi connectivity index (χ1) is 12.7. The molecule has 0 aliphatic rings. The molecule has 26 heavy (non-hydrogen) atoms. The Bertz CT molecular complexity index is 968. The Morgan fingerprint density at radius 1 is 1.19 bits per heavy atom. The van der Waals surface area contributed by atoms with Gasteiger partial charge in [-0.05, 0) is 29.8 Å². The molecule has 7 heteroatoms. The minimum absolute atomic E-state index is 0.0483. The zero-order valence-corrected chi connectivity index (χ0v) is 14.3. The Hall–Kier alpha value is -3.19. The lowest BCUT2D eigenvalue weighted by atomic mass is 10.2. The van der Waals surface area contributed by atoms with E-state index in [1.165, 1.54) is 0 Å². The first-order valence-corrected chi connectivity index (χ1v) is 8.11. The summed E-state index contributed by atoms with van der Waals surface area (Å²) in [7, 11) is 1.59. The molecule has 1 amide bonds. The fraction of sp³-hybridized carbons (Fsp3) is 0.211. The Morgan fingerprint density at radius 2 is 2.04 bits per heavy atom. The van der Waals surface area contributed by atoms with Crippen molar-refractivity contribution in [1.82, 2.24) is 15.3 Å². The maximum absolute atomic E-state index is 12.0. The van der Waals surface area contributed by atoms with Crippen molar-refractivity contribution in [3.63, 3.8) is 0 Å². The van der Waals surface area contributed by atoms with Crippen LogP contribution in [-0.4, -0.2) is 29.6 Å². The quantitative estimate of drug-likeness (QED) is 0.675. The van der Waals surface area contributed by atoms with E-state index in [0.717, 1.165) is 11.3 Å². The van der Waals surface area contributed by atoms with Crippen LogP contribution in [0.4, 0.5) is 0 Å². The number of fused-ring (bicyclic) bond motifs is 1. The molecule has 2 N–H and O–H groups in total. The molecule has 0 radical (unpaired) electrons. The molecule has 0 spiro atoms. The van der Waals surface area contributed by atoms with Crippen LogP contribution in [0.5, 0.6) is 5.75 Å². The average molecular weight is 353 g/mol. The van der Waals surface area contributed by atoms with Crippen molar-refractivity contribution in [2.24, 2.45) is 0 Å².